The molecule has 126 valence electrons. The van der Waals surface area contributed by atoms with Gasteiger partial charge in [0.25, 0.3) is 0 Å². The minimum Gasteiger partial charge on any atom is -0.493 e. The summed E-state index contributed by atoms with van der Waals surface area (Å²) in [5.41, 5.74) is 2.04. The zero-order valence-corrected chi connectivity index (χ0v) is 13.5. The molecule has 1 heterocycles. The number of ether oxygens (including phenoxy) is 1. The number of amides is 2. The molecular weight excluding hydrogens is 304 g/mol. The third-order valence-corrected chi connectivity index (χ3v) is 4.13. The molecule has 1 aliphatic heterocycles. The summed E-state index contributed by atoms with van der Waals surface area (Å²) in [7, 11) is 0. The number of carbonyl (C=O) groups is 1. The van der Waals surface area contributed by atoms with Gasteiger partial charge in [-0.15, -0.1) is 0 Å². The highest BCUT2D eigenvalue weighted by molar-refractivity contribution is 5.75. The highest BCUT2D eigenvalue weighted by atomic mass is 16.5. The molecule has 1 aliphatic rings. The van der Waals surface area contributed by atoms with Gasteiger partial charge in [-0.3, -0.25) is 0 Å². The van der Waals surface area contributed by atoms with Gasteiger partial charge in [0.15, 0.2) is 0 Å². The van der Waals surface area contributed by atoms with E-state index >= 15 is 0 Å². The van der Waals surface area contributed by atoms with Crippen molar-refractivity contribution in [2.45, 2.75) is 19.0 Å². The van der Waals surface area contributed by atoms with Gasteiger partial charge in [0.05, 0.1) is 19.3 Å². The molecule has 1 unspecified atom stereocenters. The summed E-state index contributed by atoms with van der Waals surface area (Å²) in [5.74, 6) is 0.825. The van der Waals surface area contributed by atoms with Crippen molar-refractivity contribution in [3.8, 4) is 5.75 Å². The summed E-state index contributed by atoms with van der Waals surface area (Å²) in [5, 5.41) is 12.4. The molecule has 5 nitrogen and oxygen atoms in total. The molecule has 0 saturated heterocycles. The number of aliphatic hydroxyl groups excluding tert-OH is 1. The van der Waals surface area contributed by atoms with E-state index in [2.05, 4.69) is 5.32 Å². The molecule has 0 aliphatic carbocycles. The van der Waals surface area contributed by atoms with Crippen LogP contribution >= 0.6 is 0 Å². The molecule has 0 aromatic heterocycles. The number of rotatable bonds is 5. The minimum atomic E-state index is -0.172. The van der Waals surface area contributed by atoms with Crippen LogP contribution in [0, 0.1) is 0 Å². The van der Waals surface area contributed by atoms with Crippen LogP contribution in [0.15, 0.2) is 54.6 Å². The average Bonchev–Trinajstić information content (AvgIpc) is 2.62. The van der Waals surface area contributed by atoms with Crippen molar-refractivity contribution >= 4 is 6.03 Å². The highest BCUT2D eigenvalue weighted by Crippen LogP contribution is 2.31. The van der Waals surface area contributed by atoms with Crippen molar-refractivity contribution < 1.29 is 14.6 Å². The SMILES string of the molecule is O=C(NC1CCOc2ccccc21)N(CCO)Cc1ccccc1. The topological polar surface area (TPSA) is 61.8 Å². The fourth-order valence-corrected chi connectivity index (χ4v) is 2.91. The first-order chi connectivity index (χ1) is 11.8. The van der Waals surface area contributed by atoms with Crippen LogP contribution in [-0.2, 0) is 6.54 Å². The number of para-hydroxylation sites is 1. The average molecular weight is 326 g/mol. The zero-order valence-electron chi connectivity index (χ0n) is 13.5. The lowest BCUT2D eigenvalue weighted by Crippen LogP contribution is -2.43. The Hall–Kier alpha value is -2.53. The van der Waals surface area contributed by atoms with Gasteiger partial charge in [0.1, 0.15) is 5.75 Å². The molecule has 2 aromatic carbocycles. The summed E-state index contributed by atoms with van der Waals surface area (Å²) in [4.78, 5) is 14.3. The quantitative estimate of drug-likeness (QED) is 0.888. The van der Waals surface area contributed by atoms with Gasteiger partial charge in [0.2, 0.25) is 0 Å². The van der Waals surface area contributed by atoms with E-state index < -0.39 is 0 Å². The smallest absolute Gasteiger partial charge is 0.318 e. The van der Waals surface area contributed by atoms with Gasteiger partial charge in [-0.1, -0.05) is 48.5 Å². The molecule has 0 radical (unpaired) electrons. The predicted octanol–water partition coefficient (Wildman–Crippen LogP) is 2.71. The van der Waals surface area contributed by atoms with E-state index in [0.717, 1.165) is 23.3 Å². The van der Waals surface area contributed by atoms with E-state index in [4.69, 9.17) is 4.74 Å². The second-order valence-electron chi connectivity index (χ2n) is 5.81. The molecule has 0 bridgehead atoms. The third kappa shape index (κ3) is 3.86. The molecule has 0 spiro atoms. The van der Waals surface area contributed by atoms with Gasteiger partial charge >= 0.3 is 6.03 Å². The van der Waals surface area contributed by atoms with E-state index in [-0.39, 0.29) is 18.7 Å². The van der Waals surface area contributed by atoms with Crippen LogP contribution in [0.25, 0.3) is 0 Å². The predicted molar refractivity (Wildman–Crippen MR) is 91.8 cm³/mol. The number of hydrogen-bond acceptors (Lipinski definition) is 3. The number of hydrogen-bond donors (Lipinski definition) is 2. The summed E-state index contributed by atoms with van der Waals surface area (Å²) in [6.07, 6.45) is 0.737. The van der Waals surface area contributed by atoms with E-state index in [9.17, 15) is 9.90 Å². The lowest BCUT2D eigenvalue weighted by molar-refractivity contribution is 0.166. The molecular formula is C19H22N2O3. The Morgan fingerprint density at radius 1 is 1.17 bits per heavy atom. The van der Waals surface area contributed by atoms with Crippen LogP contribution in [0.5, 0.6) is 5.75 Å². The number of benzene rings is 2. The molecule has 2 N–H and O–H groups in total. The Bertz CT molecular complexity index is 675. The van der Waals surface area contributed by atoms with Crippen molar-refractivity contribution in [1.82, 2.24) is 10.2 Å². The monoisotopic (exact) mass is 326 g/mol. The van der Waals surface area contributed by atoms with Gasteiger partial charge in [-0.2, -0.15) is 0 Å². The number of urea groups is 1. The largest absolute Gasteiger partial charge is 0.493 e. The van der Waals surface area contributed by atoms with Crippen LogP contribution in [-0.4, -0.2) is 35.8 Å². The maximum Gasteiger partial charge on any atom is 0.318 e. The van der Waals surface area contributed by atoms with E-state index in [1.54, 1.807) is 4.90 Å². The summed E-state index contributed by atoms with van der Waals surface area (Å²) < 4.78 is 5.63. The standard InChI is InChI=1S/C19H22N2O3/c22-12-11-21(14-15-6-2-1-3-7-15)19(23)20-17-10-13-24-18-9-5-4-8-16(17)18/h1-9,17,22H,10-14H2,(H,20,23). The number of nitrogens with zero attached hydrogens (tertiary/aromatic N) is 1. The number of nitrogens with one attached hydrogen (secondary N) is 1. The number of fused-ring (bicyclic) bond motifs is 1. The molecule has 2 aromatic rings. The summed E-state index contributed by atoms with van der Waals surface area (Å²) >= 11 is 0. The van der Waals surface area contributed by atoms with Crippen molar-refractivity contribution in [3.05, 3.63) is 65.7 Å². The van der Waals surface area contributed by atoms with Crippen LogP contribution in [0.1, 0.15) is 23.6 Å². The van der Waals surface area contributed by atoms with Crippen LogP contribution in [0.2, 0.25) is 0 Å². The highest BCUT2D eigenvalue weighted by Gasteiger charge is 2.24. The lowest BCUT2D eigenvalue weighted by atomic mass is 10.0. The van der Waals surface area contributed by atoms with E-state index in [1.165, 1.54) is 0 Å². The van der Waals surface area contributed by atoms with Crippen LogP contribution in [0.4, 0.5) is 4.79 Å². The fraction of sp³-hybridized carbons (Fsp3) is 0.316. The zero-order chi connectivity index (χ0) is 16.8. The molecule has 24 heavy (non-hydrogen) atoms. The first kappa shape index (κ1) is 16.3. The normalized spacial score (nSPS) is 16.0. The second kappa shape index (κ2) is 7.84. The maximum absolute atomic E-state index is 12.7. The molecule has 5 heteroatoms. The van der Waals surface area contributed by atoms with Crippen LogP contribution < -0.4 is 10.1 Å². The van der Waals surface area contributed by atoms with Gasteiger partial charge in [-0.05, 0) is 11.6 Å². The van der Waals surface area contributed by atoms with Gasteiger partial charge < -0.3 is 20.1 Å². The van der Waals surface area contributed by atoms with Gasteiger partial charge in [-0.25, -0.2) is 4.79 Å². The molecule has 1 atom stereocenters. The van der Waals surface area contributed by atoms with Crippen LogP contribution in [0.3, 0.4) is 0 Å². The number of carbonyl (C=O) groups excluding carboxylic acids is 1. The summed E-state index contributed by atoms with van der Waals surface area (Å²) in [6, 6.07) is 17.3. The van der Waals surface area contributed by atoms with Crippen molar-refractivity contribution in [1.29, 1.82) is 0 Å². The van der Waals surface area contributed by atoms with E-state index in [1.807, 2.05) is 54.6 Å². The fourth-order valence-electron chi connectivity index (χ4n) is 2.91. The minimum absolute atomic E-state index is 0.0649. The molecule has 0 saturated carbocycles. The third-order valence-electron chi connectivity index (χ3n) is 4.13. The molecule has 3 rings (SSSR count). The maximum atomic E-state index is 12.7. The van der Waals surface area contributed by atoms with E-state index in [0.29, 0.717) is 19.7 Å². The number of aliphatic hydroxyl groups is 1. The Balaban J connectivity index is 1.70. The van der Waals surface area contributed by atoms with Crippen molar-refractivity contribution in [2.24, 2.45) is 0 Å². The first-order valence-electron chi connectivity index (χ1n) is 8.20. The second-order valence-corrected chi connectivity index (χ2v) is 5.81. The summed E-state index contributed by atoms with van der Waals surface area (Å²) in [6.45, 7) is 1.29. The molecule has 0 fully saturated rings. The lowest BCUT2D eigenvalue weighted by Gasteiger charge is -2.30. The van der Waals surface area contributed by atoms with Gasteiger partial charge in [0, 0.05) is 25.1 Å². The Morgan fingerprint density at radius 2 is 1.92 bits per heavy atom. The van der Waals surface area contributed by atoms with Crippen molar-refractivity contribution in [2.75, 3.05) is 19.8 Å². The first-order valence-corrected chi connectivity index (χ1v) is 8.20. The van der Waals surface area contributed by atoms with Crippen molar-refractivity contribution in [3.63, 3.8) is 0 Å². The molecule has 2 amide bonds. The Labute approximate surface area is 141 Å². The Morgan fingerprint density at radius 3 is 2.71 bits per heavy atom. The Kier molecular flexibility index (Phi) is 5.33.